The van der Waals surface area contributed by atoms with Crippen LogP contribution in [-0.4, -0.2) is 20.3 Å². The molecule has 0 spiro atoms. The fraction of sp³-hybridized carbons (Fsp3) is 0.312. The van der Waals surface area contributed by atoms with Gasteiger partial charge in [0.1, 0.15) is 0 Å². The minimum Gasteiger partial charge on any atom is -0.319 e. The van der Waals surface area contributed by atoms with E-state index in [2.05, 4.69) is 36.1 Å². The highest BCUT2D eigenvalue weighted by atomic mass is 32.1. The van der Waals surface area contributed by atoms with E-state index in [1.807, 2.05) is 25.6 Å². The highest BCUT2D eigenvalue weighted by Gasteiger charge is 2.11. The molecule has 0 unspecified atom stereocenters. The average Bonchev–Trinajstić information content (AvgIpc) is 2.94. The smallest absolute Gasteiger partial charge is 0.300 e. The lowest BCUT2D eigenvalue weighted by atomic mass is 10.1. The van der Waals surface area contributed by atoms with Crippen LogP contribution in [0, 0.1) is 20.8 Å². The molecular weight excluding hydrogens is 296 g/mol. The molecule has 1 amide bonds. The number of hydrogen-bond acceptors (Lipinski definition) is 3. The Labute approximate surface area is 132 Å². The van der Waals surface area contributed by atoms with E-state index in [4.69, 9.17) is 0 Å². The number of amides is 1. The summed E-state index contributed by atoms with van der Waals surface area (Å²) in [6.45, 7) is 6.09. The van der Waals surface area contributed by atoms with Gasteiger partial charge >= 0.3 is 0 Å². The zero-order valence-corrected chi connectivity index (χ0v) is 14.2. The SMILES string of the molecule is Cc1cc2sc(=NC(=O)c3cc(C)n(C)n3)n(C)c2cc1C. The van der Waals surface area contributed by atoms with Crippen molar-refractivity contribution in [3.05, 3.63) is 45.5 Å². The molecule has 114 valence electrons. The second-order valence-electron chi connectivity index (χ2n) is 5.56. The van der Waals surface area contributed by atoms with Crippen molar-refractivity contribution in [3.8, 4) is 0 Å². The number of thiazole rings is 1. The molecule has 5 nitrogen and oxygen atoms in total. The molecule has 2 heterocycles. The van der Waals surface area contributed by atoms with Crippen molar-refractivity contribution in [1.29, 1.82) is 0 Å². The van der Waals surface area contributed by atoms with Crippen molar-refractivity contribution < 1.29 is 4.79 Å². The van der Waals surface area contributed by atoms with Gasteiger partial charge in [-0.1, -0.05) is 11.3 Å². The van der Waals surface area contributed by atoms with Gasteiger partial charge in [0, 0.05) is 19.8 Å². The molecular formula is C16H18N4OS. The fourth-order valence-electron chi connectivity index (χ4n) is 2.30. The lowest BCUT2D eigenvalue weighted by Crippen LogP contribution is -2.13. The number of aryl methyl sites for hydroxylation is 5. The summed E-state index contributed by atoms with van der Waals surface area (Å²) in [5.74, 6) is -0.306. The quantitative estimate of drug-likeness (QED) is 0.693. The normalized spacial score (nSPS) is 12.3. The van der Waals surface area contributed by atoms with E-state index in [0.717, 1.165) is 15.9 Å². The van der Waals surface area contributed by atoms with Crippen LogP contribution < -0.4 is 4.80 Å². The predicted molar refractivity (Wildman–Crippen MR) is 88.1 cm³/mol. The fourth-order valence-corrected chi connectivity index (χ4v) is 3.39. The summed E-state index contributed by atoms with van der Waals surface area (Å²) >= 11 is 1.52. The maximum absolute atomic E-state index is 12.3. The Morgan fingerprint density at radius 3 is 2.45 bits per heavy atom. The Balaban J connectivity index is 2.13. The van der Waals surface area contributed by atoms with Crippen LogP contribution in [0.3, 0.4) is 0 Å². The van der Waals surface area contributed by atoms with Gasteiger partial charge in [0.25, 0.3) is 5.91 Å². The number of aromatic nitrogens is 3. The van der Waals surface area contributed by atoms with Gasteiger partial charge in [-0.2, -0.15) is 10.1 Å². The van der Waals surface area contributed by atoms with E-state index < -0.39 is 0 Å². The first-order valence-electron chi connectivity index (χ1n) is 7.03. The summed E-state index contributed by atoms with van der Waals surface area (Å²) < 4.78 is 4.77. The van der Waals surface area contributed by atoms with E-state index in [-0.39, 0.29) is 5.91 Å². The molecule has 0 N–H and O–H groups in total. The number of rotatable bonds is 1. The van der Waals surface area contributed by atoms with Crippen LogP contribution in [0.25, 0.3) is 10.2 Å². The minimum absolute atomic E-state index is 0.306. The predicted octanol–water partition coefficient (Wildman–Crippen LogP) is 2.64. The van der Waals surface area contributed by atoms with Crippen LogP contribution in [0.1, 0.15) is 27.3 Å². The largest absolute Gasteiger partial charge is 0.319 e. The zero-order chi connectivity index (χ0) is 16.0. The van der Waals surface area contributed by atoms with Crippen LogP contribution >= 0.6 is 11.3 Å². The zero-order valence-electron chi connectivity index (χ0n) is 13.3. The molecule has 0 fully saturated rings. The lowest BCUT2D eigenvalue weighted by Gasteiger charge is -2.00. The molecule has 0 aliphatic rings. The van der Waals surface area contributed by atoms with Crippen LogP contribution in [0.2, 0.25) is 0 Å². The van der Waals surface area contributed by atoms with Crippen LogP contribution in [0.15, 0.2) is 23.2 Å². The molecule has 0 atom stereocenters. The number of carbonyl (C=O) groups excluding carboxylic acids is 1. The Kier molecular flexibility index (Phi) is 3.48. The molecule has 22 heavy (non-hydrogen) atoms. The molecule has 0 aliphatic heterocycles. The summed E-state index contributed by atoms with van der Waals surface area (Å²) in [6, 6.07) is 6.03. The van der Waals surface area contributed by atoms with E-state index in [0.29, 0.717) is 10.5 Å². The van der Waals surface area contributed by atoms with E-state index in [9.17, 15) is 4.79 Å². The summed E-state index contributed by atoms with van der Waals surface area (Å²) in [6.07, 6.45) is 0. The van der Waals surface area contributed by atoms with Gasteiger partial charge in [0.05, 0.1) is 10.2 Å². The van der Waals surface area contributed by atoms with E-state index >= 15 is 0 Å². The number of fused-ring (bicyclic) bond motifs is 1. The molecule has 0 bridgehead atoms. The van der Waals surface area contributed by atoms with Crippen molar-refractivity contribution in [2.24, 2.45) is 19.1 Å². The third-order valence-electron chi connectivity index (χ3n) is 3.95. The van der Waals surface area contributed by atoms with Crippen molar-refractivity contribution >= 4 is 27.5 Å². The topological polar surface area (TPSA) is 52.2 Å². The Morgan fingerprint density at radius 2 is 1.82 bits per heavy atom. The number of nitrogens with zero attached hydrogens (tertiary/aromatic N) is 4. The van der Waals surface area contributed by atoms with E-state index in [1.165, 1.54) is 22.5 Å². The molecule has 0 aliphatic carbocycles. The first-order valence-corrected chi connectivity index (χ1v) is 7.85. The number of carbonyl (C=O) groups is 1. The molecule has 1 aromatic carbocycles. The minimum atomic E-state index is -0.306. The third kappa shape index (κ3) is 2.39. The first kappa shape index (κ1) is 14.7. The van der Waals surface area contributed by atoms with Crippen LogP contribution in [0.4, 0.5) is 0 Å². The van der Waals surface area contributed by atoms with Gasteiger partial charge in [0.2, 0.25) is 0 Å². The van der Waals surface area contributed by atoms with Gasteiger partial charge in [-0.3, -0.25) is 9.48 Å². The monoisotopic (exact) mass is 314 g/mol. The highest BCUT2D eigenvalue weighted by molar-refractivity contribution is 7.16. The molecule has 0 radical (unpaired) electrons. The van der Waals surface area contributed by atoms with Gasteiger partial charge in [-0.15, -0.1) is 0 Å². The Morgan fingerprint density at radius 1 is 1.14 bits per heavy atom. The average molecular weight is 314 g/mol. The number of hydrogen-bond donors (Lipinski definition) is 0. The lowest BCUT2D eigenvalue weighted by molar-refractivity contribution is 0.0992. The summed E-state index contributed by atoms with van der Waals surface area (Å²) in [7, 11) is 3.75. The molecule has 0 saturated carbocycles. The van der Waals surface area contributed by atoms with Gasteiger partial charge in [-0.05, 0) is 50.1 Å². The summed E-state index contributed by atoms with van der Waals surface area (Å²) in [5, 5.41) is 4.19. The molecule has 6 heteroatoms. The molecule has 3 rings (SSSR count). The van der Waals surface area contributed by atoms with Gasteiger partial charge in [-0.25, -0.2) is 0 Å². The molecule has 0 saturated heterocycles. The maximum Gasteiger partial charge on any atom is 0.300 e. The van der Waals surface area contributed by atoms with Crippen LogP contribution in [-0.2, 0) is 14.1 Å². The molecule has 3 aromatic rings. The number of benzene rings is 1. The molecule has 2 aromatic heterocycles. The van der Waals surface area contributed by atoms with Crippen molar-refractivity contribution in [3.63, 3.8) is 0 Å². The van der Waals surface area contributed by atoms with Gasteiger partial charge in [0.15, 0.2) is 10.5 Å². The van der Waals surface area contributed by atoms with Crippen molar-refractivity contribution in [2.45, 2.75) is 20.8 Å². The first-order chi connectivity index (χ1) is 10.4. The van der Waals surface area contributed by atoms with Gasteiger partial charge < -0.3 is 4.57 Å². The van der Waals surface area contributed by atoms with Crippen molar-refractivity contribution in [2.75, 3.05) is 0 Å². The third-order valence-corrected chi connectivity index (χ3v) is 5.05. The van der Waals surface area contributed by atoms with Crippen LogP contribution in [0.5, 0.6) is 0 Å². The Bertz CT molecular complexity index is 939. The second kappa shape index (κ2) is 5.21. The highest BCUT2D eigenvalue weighted by Crippen LogP contribution is 2.21. The maximum atomic E-state index is 12.3. The standard InChI is InChI=1S/C16H18N4OS/c1-9-6-13-14(7-10(9)2)22-16(19(13)4)17-15(21)12-8-11(3)20(5)18-12/h6-8H,1-5H3. The Hall–Kier alpha value is -2.21. The second-order valence-corrected chi connectivity index (χ2v) is 6.57. The van der Waals surface area contributed by atoms with E-state index in [1.54, 1.807) is 10.7 Å². The summed E-state index contributed by atoms with van der Waals surface area (Å²) in [5.41, 5.74) is 4.89. The van der Waals surface area contributed by atoms with Crippen molar-refractivity contribution in [1.82, 2.24) is 14.3 Å². The summed E-state index contributed by atoms with van der Waals surface area (Å²) in [4.78, 5) is 17.2.